The molecule has 2 amide bonds. The van der Waals surface area contributed by atoms with Crippen LogP contribution in [0.5, 0.6) is 0 Å². The second-order valence-corrected chi connectivity index (χ2v) is 5.98. The van der Waals surface area contributed by atoms with Crippen LogP contribution < -0.4 is 10.2 Å². The lowest BCUT2D eigenvalue weighted by Crippen LogP contribution is -2.49. The summed E-state index contributed by atoms with van der Waals surface area (Å²) < 4.78 is 5.31. The summed E-state index contributed by atoms with van der Waals surface area (Å²) >= 11 is 0. The molecule has 0 aromatic heterocycles. The third kappa shape index (κ3) is 3.54. The van der Waals surface area contributed by atoms with E-state index in [-0.39, 0.29) is 11.8 Å². The Balaban J connectivity index is 1.57. The summed E-state index contributed by atoms with van der Waals surface area (Å²) in [6.07, 6.45) is 0.582. The maximum atomic E-state index is 12.5. The largest absolute Gasteiger partial charge is 0.379 e. The SMILES string of the molecule is CC(=O)N1c2ccccc2C[C@@H]1C(=O)NCCN1CCOCC1. The Morgan fingerprint density at radius 1 is 1.26 bits per heavy atom. The van der Waals surface area contributed by atoms with Crippen molar-refractivity contribution in [1.82, 2.24) is 10.2 Å². The topological polar surface area (TPSA) is 61.9 Å². The summed E-state index contributed by atoms with van der Waals surface area (Å²) in [4.78, 5) is 28.4. The Morgan fingerprint density at radius 2 is 2.00 bits per heavy atom. The standard InChI is InChI=1S/C17H23N3O3/c1-13(21)20-15-5-3-2-4-14(15)12-16(20)17(22)18-6-7-19-8-10-23-11-9-19/h2-5,16H,6-12H2,1H3,(H,18,22)/t16-/m1/s1. The maximum Gasteiger partial charge on any atom is 0.243 e. The molecule has 2 heterocycles. The minimum atomic E-state index is -0.436. The summed E-state index contributed by atoms with van der Waals surface area (Å²) in [7, 11) is 0. The number of hydrogen-bond donors (Lipinski definition) is 1. The van der Waals surface area contributed by atoms with Crippen LogP contribution >= 0.6 is 0 Å². The number of amides is 2. The molecule has 1 N–H and O–H groups in total. The summed E-state index contributed by atoms with van der Waals surface area (Å²) in [6.45, 7) is 6.24. The van der Waals surface area contributed by atoms with E-state index < -0.39 is 6.04 Å². The molecule has 0 spiro atoms. The van der Waals surface area contributed by atoms with Gasteiger partial charge in [-0.2, -0.15) is 0 Å². The first-order chi connectivity index (χ1) is 11.2. The second kappa shape index (κ2) is 7.10. The molecule has 0 aliphatic carbocycles. The number of carbonyl (C=O) groups is 2. The van der Waals surface area contributed by atoms with E-state index >= 15 is 0 Å². The van der Waals surface area contributed by atoms with Crippen LogP contribution in [0.4, 0.5) is 5.69 Å². The van der Waals surface area contributed by atoms with Crippen LogP contribution in [0.3, 0.4) is 0 Å². The zero-order valence-corrected chi connectivity index (χ0v) is 13.5. The second-order valence-electron chi connectivity index (χ2n) is 5.98. The average Bonchev–Trinajstić information content (AvgIpc) is 2.95. The van der Waals surface area contributed by atoms with Gasteiger partial charge in [-0.05, 0) is 11.6 Å². The summed E-state index contributed by atoms with van der Waals surface area (Å²) in [5.74, 6) is -0.173. The van der Waals surface area contributed by atoms with Gasteiger partial charge in [0.05, 0.1) is 13.2 Å². The monoisotopic (exact) mass is 317 g/mol. The fourth-order valence-electron chi connectivity index (χ4n) is 3.26. The van der Waals surface area contributed by atoms with E-state index in [9.17, 15) is 9.59 Å². The molecule has 0 unspecified atom stereocenters. The van der Waals surface area contributed by atoms with Gasteiger partial charge in [-0.15, -0.1) is 0 Å². The van der Waals surface area contributed by atoms with E-state index in [2.05, 4.69) is 10.2 Å². The Labute approximate surface area is 136 Å². The van der Waals surface area contributed by atoms with Gasteiger partial charge in [-0.25, -0.2) is 0 Å². The third-order valence-corrected chi connectivity index (χ3v) is 4.45. The first kappa shape index (κ1) is 16.0. The molecule has 1 fully saturated rings. The molecule has 6 heteroatoms. The molecule has 2 aliphatic heterocycles. The van der Waals surface area contributed by atoms with Crippen LogP contribution in [0.2, 0.25) is 0 Å². The van der Waals surface area contributed by atoms with E-state index in [1.54, 1.807) is 4.90 Å². The highest BCUT2D eigenvalue weighted by Crippen LogP contribution is 2.32. The van der Waals surface area contributed by atoms with Gasteiger partial charge in [0, 0.05) is 45.2 Å². The minimum Gasteiger partial charge on any atom is -0.379 e. The van der Waals surface area contributed by atoms with Gasteiger partial charge in [-0.3, -0.25) is 19.4 Å². The van der Waals surface area contributed by atoms with E-state index in [0.29, 0.717) is 13.0 Å². The molecule has 1 saturated heterocycles. The quantitative estimate of drug-likeness (QED) is 0.874. The first-order valence-electron chi connectivity index (χ1n) is 8.12. The number of nitrogens with zero attached hydrogens (tertiary/aromatic N) is 2. The molecule has 1 atom stereocenters. The van der Waals surface area contributed by atoms with Crippen LogP contribution in [0.15, 0.2) is 24.3 Å². The van der Waals surface area contributed by atoms with Crippen LogP contribution in [-0.4, -0.2) is 62.1 Å². The number of anilines is 1. The minimum absolute atomic E-state index is 0.0790. The molecule has 0 saturated carbocycles. The number of hydrogen-bond acceptors (Lipinski definition) is 4. The molecule has 0 radical (unpaired) electrons. The zero-order valence-electron chi connectivity index (χ0n) is 13.5. The lowest BCUT2D eigenvalue weighted by molar-refractivity contribution is -0.125. The molecule has 23 heavy (non-hydrogen) atoms. The van der Waals surface area contributed by atoms with E-state index in [1.807, 2.05) is 24.3 Å². The highest BCUT2D eigenvalue weighted by atomic mass is 16.5. The first-order valence-corrected chi connectivity index (χ1v) is 8.12. The number of benzene rings is 1. The predicted molar refractivity (Wildman–Crippen MR) is 87.4 cm³/mol. The molecule has 6 nitrogen and oxygen atoms in total. The van der Waals surface area contributed by atoms with Crippen molar-refractivity contribution in [2.45, 2.75) is 19.4 Å². The fraction of sp³-hybridized carbons (Fsp3) is 0.529. The molecule has 0 bridgehead atoms. The molecule has 124 valence electrons. The van der Waals surface area contributed by atoms with Crippen molar-refractivity contribution in [1.29, 1.82) is 0 Å². The van der Waals surface area contributed by atoms with Crippen LogP contribution in [0.25, 0.3) is 0 Å². The van der Waals surface area contributed by atoms with Crippen LogP contribution in [0.1, 0.15) is 12.5 Å². The van der Waals surface area contributed by atoms with Gasteiger partial charge in [0.25, 0.3) is 0 Å². The number of carbonyl (C=O) groups excluding carboxylic acids is 2. The van der Waals surface area contributed by atoms with Crippen molar-refractivity contribution < 1.29 is 14.3 Å². The molecule has 1 aromatic rings. The maximum absolute atomic E-state index is 12.5. The molecule has 3 rings (SSSR count). The van der Waals surface area contributed by atoms with Gasteiger partial charge in [0.1, 0.15) is 6.04 Å². The Bertz CT molecular complexity index is 584. The van der Waals surface area contributed by atoms with Gasteiger partial charge >= 0.3 is 0 Å². The average molecular weight is 317 g/mol. The number of para-hydroxylation sites is 1. The summed E-state index contributed by atoms with van der Waals surface area (Å²) in [6, 6.07) is 7.28. The van der Waals surface area contributed by atoms with E-state index in [1.165, 1.54) is 6.92 Å². The lowest BCUT2D eigenvalue weighted by Gasteiger charge is -2.27. The van der Waals surface area contributed by atoms with E-state index in [4.69, 9.17) is 4.74 Å². The Morgan fingerprint density at radius 3 is 2.74 bits per heavy atom. The number of morpholine rings is 1. The predicted octanol–water partition coefficient (Wildman–Crippen LogP) is 0.413. The number of nitrogens with one attached hydrogen (secondary N) is 1. The lowest BCUT2D eigenvalue weighted by atomic mass is 10.1. The van der Waals surface area contributed by atoms with Crippen molar-refractivity contribution >= 4 is 17.5 Å². The van der Waals surface area contributed by atoms with Gasteiger partial charge in [-0.1, -0.05) is 18.2 Å². The Kier molecular flexibility index (Phi) is 4.93. The van der Waals surface area contributed by atoms with Crippen molar-refractivity contribution in [3.05, 3.63) is 29.8 Å². The highest BCUT2D eigenvalue weighted by Gasteiger charge is 2.36. The van der Waals surface area contributed by atoms with Gasteiger partial charge in [0.2, 0.25) is 11.8 Å². The van der Waals surface area contributed by atoms with Crippen molar-refractivity contribution in [3.63, 3.8) is 0 Å². The van der Waals surface area contributed by atoms with Crippen LogP contribution in [-0.2, 0) is 20.7 Å². The third-order valence-electron chi connectivity index (χ3n) is 4.45. The van der Waals surface area contributed by atoms with Crippen LogP contribution in [0, 0.1) is 0 Å². The van der Waals surface area contributed by atoms with Crippen molar-refractivity contribution in [2.24, 2.45) is 0 Å². The summed E-state index contributed by atoms with van der Waals surface area (Å²) in [5.41, 5.74) is 1.91. The molecular formula is C17H23N3O3. The molecule has 2 aliphatic rings. The highest BCUT2D eigenvalue weighted by molar-refractivity contribution is 6.02. The molecular weight excluding hydrogens is 294 g/mol. The number of ether oxygens (including phenoxy) is 1. The molecule has 1 aromatic carbocycles. The Hall–Kier alpha value is -1.92. The number of fused-ring (bicyclic) bond motifs is 1. The summed E-state index contributed by atoms with van der Waals surface area (Å²) in [5, 5.41) is 2.98. The van der Waals surface area contributed by atoms with Crippen molar-refractivity contribution in [3.8, 4) is 0 Å². The fourth-order valence-corrected chi connectivity index (χ4v) is 3.26. The number of rotatable bonds is 4. The smallest absolute Gasteiger partial charge is 0.243 e. The van der Waals surface area contributed by atoms with Crippen molar-refractivity contribution in [2.75, 3.05) is 44.3 Å². The van der Waals surface area contributed by atoms with E-state index in [0.717, 1.165) is 44.1 Å². The normalized spacial score (nSPS) is 21.1. The van der Waals surface area contributed by atoms with Gasteiger partial charge in [0.15, 0.2) is 0 Å². The van der Waals surface area contributed by atoms with Gasteiger partial charge < -0.3 is 10.1 Å². The zero-order chi connectivity index (χ0) is 16.2.